The van der Waals surface area contributed by atoms with Crippen molar-refractivity contribution in [2.45, 2.75) is 63.7 Å². The molecule has 0 aliphatic heterocycles. The molecular formula is C25H24F8O2. The quantitative estimate of drug-likeness (QED) is 0.262. The lowest BCUT2D eigenvalue weighted by molar-refractivity contribution is -0.189. The largest absolute Gasteiger partial charge is 0.462 e. The molecule has 1 fully saturated rings. The zero-order valence-corrected chi connectivity index (χ0v) is 18.8. The first-order valence-electron chi connectivity index (χ1n) is 11.2. The molecule has 0 radical (unpaired) electrons. The van der Waals surface area contributed by atoms with Gasteiger partial charge in [-0.3, -0.25) is 0 Å². The van der Waals surface area contributed by atoms with E-state index in [1.54, 1.807) is 0 Å². The molecule has 1 saturated carbocycles. The summed E-state index contributed by atoms with van der Waals surface area (Å²) >= 11 is 0. The Labute approximate surface area is 197 Å². The van der Waals surface area contributed by atoms with Crippen molar-refractivity contribution < 1.29 is 44.6 Å². The van der Waals surface area contributed by atoms with Crippen LogP contribution >= 0.6 is 0 Å². The van der Waals surface area contributed by atoms with Crippen molar-refractivity contribution in [3.8, 4) is 11.5 Å². The Morgan fingerprint density at radius 3 is 2.06 bits per heavy atom. The smallest absolute Gasteiger partial charge is 0.432 e. The summed E-state index contributed by atoms with van der Waals surface area (Å²) in [6.45, 7) is 2.09. The SMILES string of the molecule is CCCC1CCC(c2cc(F)c(C(F)(F)Oc3ccc(OC=CC(F)(F)F)c(F)c3)c(F)c2)CC1. The third-order valence-corrected chi connectivity index (χ3v) is 5.97. The van der Waals surface area contributed by atoms with E-state index >= 15 is 0 Å². The highest BCUT2D eigenvalue weighted by atomic mass is 19.4. The molecule has 0 aromatic heterocycles. The van der Waals surface area contributed by atoms with E-state index < -0.39 is 46.8 Å². The average molecular weight is 508 g/mol. The van der Waals surface area contributed by atoms with Crippen molar-refractivity contribution in [2.75, 3.05) is 0 Å². The van der Waals surface area contributed by atoms with Crippen LogP contribution in [0.15, 0.2) is 42.7 Å². The van der Waals surface area contributed by atoms with Crippen LogP contribution in [0.1, 0.15) is 62.5 Å². The van der Waals surface area contributed by atoms with Gasteiger partial charge in [-0.1, -0.05) is 19.8 Å². The van der Waals surface area contributed by atoms with E-state index in [1.807, 2.05) is 0 Å². The van der Waals surface area contributed by atoms with E-state index in [0.717, 1.165) is 49.9 Å². The lowest BCUT2D eigenvalue weighted by atomic mass is 9.77. The van der Waals surface area contributed by atoms with Crippen LogP contribution in [0.2, 0.25) is 0 Å². The Morgan fingerprint density at radius 1 is 0.886 bits per heavy atom. The standard InChI is InChI=1S/C25H24F8O2/c1-2-3-15-4-6-16(7-5-15)17-12-20(27)23(21(28)13-17)25(32,33)35-18-8-9-22(19(26)14-18)34-11-10-24(29,30)31/h8-16H,2-7H2,1H3. The summed E-state index contributed by atoms with van der Waals surface area (Å²) in [6.07, 6.45) is -3.94. The molecule has 0 atom stereocenters. The summed E-state index contributed by atoms with van der Waals surface area (Å²) in [5.74, 6) is -5.38. The van der Waals surface area contributed by atoms with E-state index in [0.29, 0.717) is 30.4 Å². The van der Waals surface area contributed by atoms with Crippen LogP contribution < -0.4 is 9.47 Å². The zero-order chi connectivity index (χ0) is 25.8. The highest BCUT2D eigenvalue weighted by Gasteiger charge is 2.41. The summed E-state index contributed by atoms with van der Waals surface area (Å²) in [5.41, 5.74) is -1.32. The lowest BCUT2D eigenvalue weighted by Crippen LogP contribution is -2.25. The molecule has 0 bridgehead atoms. The molecule has 0 amide bonds. The van der Waals surface area contributed by atoms with Gasteiger partial charge in [0, 0.05) is 6.07 Å². The zero-order valence-electron chi connectivity index (χ0n) is 18.8. The predicted molar refractivity (Wildman–Crippen MR) is 113 cm³/mol. The normalized spacial score (nSPS) is 19.2. The monoisotopic (exact) mass is 508 g/mol. The summed E-state index contributed by atoms with van der Waals surface area (Å²) in [6, 6.07) is 3.68. The molecular weight excluding hydrogens is 484 g/mol. The predicted octanol–water partition coefficient (Wildman–Crippen LogP) is 8.76. The van der Waals surface area contributed by atoms with Crippen LogP contribution in [-0.4, -0.2) is 6.18 Å². The molecule has 0 unspecified atom stereocenters. The number of allylic oxidation sites excluding steroid dienone is 1. The summed E-state index contributed by atoms with van der Waals surface area (Å²) < 4.78 is 118. The van der Waals surface area contributed by atoms with Gasteiger partial charge in [-0.05, 0) is 67.3 Å². The van der Waals surface area contributed by atoms with E-state index in [9.17, 15) is 35.1 Å². The molecule has 0 N–H and O–H groups in total. The van der Waals surface area contributed by atoms with Crippen LogP contribution in [0, 0.1) is 23.4 Å². The Balaban J connectivity index is 1.74. The van der Waals surface area contributed by atoms with Gasteiger partial charge in [0.05, 0.1) is 12.3 Å². The van der Waals surface area contributed by atoms with E-state index in [2.05, 4.69) is 16.4 Å². The first-order valence-corrected chi connectivity index (χ1v) is 11.2. The van der Waals surface area contributed by atoms with Gasteiger partial charge in [0.25, 0.3) is 0 Å². The molecule has 0 saturated heterocycles. The van der Waals surface area contributed by atoms with Gasteiger partial charge in [-0.2, -0.15) is 22.0 Å². The second kappa shape index (κ2) is 10.9. The molecule has 1 aliphatic rings. The Kier molecular flexibility index (Phi) is 8.33. The van der Waals surface area contributed by atoms with Crippen molar-refractivity contribution in [1.82, 2.24) is 0 Å². The lowest BCUT2D eigenvalue weighted by Gasteiger charge is -2.29. The van der Waals surface area contributed by atoms with Gasteiger partial charge in [0.2, 0.25) is 0 Å². The van der Waals surface area contributed by atoms with Crippen LogP contribution in [0.4, 0.5) is 35.1 Å². The minimum absolute atomic E-state index is 0.135. The van der Waals surface area contributed by atoms with E-state index in [-0.39, 0.29) is 18.3 Å². The van der Waals surface area contributed by atoms with Gasteiger partial charge < -0.3 is 9.47 Å². The van der Waals surface area contributed by atoms with Crippen molar-refractivity contribution in [3.63, 3.8) is 0 Å². The number of halogens is 8. The summed E-state index contributed by atoms with van der Waals surface area (Å²) in [7, 11) is 0. The molecule has 2 aromatic carbocycles. The fourth-order valence-corrected chi connectivity index (χ4v) is 4.32. The molecule has 192 valence electrons. The molecule has 1 aliphatic carbocycles. The Morgan fingerprint density at radius 2 is 1.51 bits per heavy atom. The fraction of sp³-hybridized carbons (Fsp3) is 0.440. The average Bonchev–Trinajstić information content (AvgIpc) is 2.74. The third kappa shape index (κ3) is 7.11. The first kappa shape index (κ1) is 26.8. The van der Waals surface area contributed by atoms with Gasteiger partial charge in [-0.15, -0.1) is 0 Å². The van der Waals surface area contributed by atoms with Crippen LogP contribution in [0.5, 0.6) is 11.5 Å². The first-order chi connectivity index (χ1) is 16.4. The molecule has 35 heavy (non-hydrogen) atoms. The van der Waals surface area contributed by atoms with Gasteiger partial charge >= 0.3 is 12.3 Å². The van der Waals surface area contributed by atoms with Crippen LogP contribution in [-0.2, 0) is 6.11 Å². The molecule has 10 heteroatoms. The van der Waals surface area contributed by atoms with E-state index in [1.165, 1.54) is 0 Å². The maximum absolute atomic E-state index is 14.6. The molecule has 0 spiro atoms. The maximum Gasteiger partial charge on any atom is 0.432 e. The van der Waals surface area contributed by atoms with Crippen molar-refractivity contribution in [3.05, 3.63) is 71.2 Å². The maximum atomic E-state index is 14.6. The number of rotatable bonds is 8. The van der Waals surface area contributed by atoms with Gasteiger partial charge in [0.1, 0.15) is 22.9 Å². The van der Waals surface area contributed by atoms with E-state index in [4.69, 9.17) is 0 Å². The number of ether oxygens (including phenoxy) is 2. The summed E-state index contributed by atoms with van der Waals surface area (Å²) in [4.78, 5) is 0. The topological polar surface area (TPSA) is 18.5 Å². The van der Waals surface area contributed by atoms with Gasteiger partial charge in [-0.25, -0.2) is 13.2 Å². The number of hydrogen-bond donors (Lipinski definition) is 0. The highest BCUT2D eigenvalue weighted by molar-refractivity contribution is 5.36. The highest BCUT2D eigenvalue weighted by Crippen LogP contribution is 2.41. The fourth-order valence-electron chi connectivity index (χ4n) is 4.32. The Hall–Kier alpha value is -2.78. The molecule has 0 heterocycles. The second-order valence-corrected chi connectivity index (χ2v) is 8.54. The van der Waals surface area contributed by atoms with Gasteiger partial charge in [0.15, 0.2) is 11.6 Å². The minimum Gasteiger partial charge on any atom is -0.462 e. The van der Waals surface area contributed by atoms with Crippen molar-refractivity contribution >= 4 is 0 Å². The molecule has 3 rings (SSSR count). The van der Waals surface area contributed by atoms with Crippen molar-refractivity contribution in [1.29, 1.82) is 0 Å². The van der Waals surface area contributed by atoms with Crippen LogP contribution in [0.25, 0.3) is 0 Å². The molecule has 2 nitrogen and oxygen atoms in total. The van der Waals surface area contributed by atoms with Crippen molar-refractivity contribution in [2.24, 2.45) is 5.92 Å². The van der Waals surface area contributed by atoms with Crippen LogP contribution in [0.3, 0.4) is 0 Å². The third-order valence-electron chi connectivity index (χ3n) is 5.97. The molecule has 2 aromatic rings. The summed E-state index contributed by atoms with van der Waals surface area (Å²) in [5, 5.41) is 0. The number of benzene rings is 2. The number of alkyl halides is 5. The second-order valence-electron chi connectivity index (χ2n) is 8.54. The number of hydrogen-bond acceptors (Lipinski definition) is 2. The minimum atomic E-state index is -4.69. The Bertz CT molecular complexity index is 1020.